The molecule has 0 saturated carbocycles. The second-order valence-electron chi connectivity index (χ2n) is 14.1. The molecule has 0 amide bonds. The maximum Gasteiger partial charge on any atom is 0.303 e. The highest BCUT2D eigenvalue weighted by atomic mass is 32.2. The summed E-state index contributed by atoms with van der Waals surface area (Å²) >= 11 is 0. The van der Waals surface area contributed by atoms with Gasteiger partial charge in [-0.3, -0.25) is 4.79 Å². The van der Waals surface area contributed by atoms with Gasteiger partial charge >= 0.3 is 5.97 Å². The van der Waals surface area contributed by atoms with E-state index in [-0.39, 0.29) is 16.2 Å². The maximum atomic E-state index is 11.8. The van der Waals surface area contributed by atoms with E-state index in [0.29, 0.717) is 25.9 Å². The lowest BCUT2D eigenvalue weighted by molar-refractivity contribution is -0.894. The number of aliphatic carboxylic acids is 1. The van der Waals surface area contributed by atoms with Crippen molar-refractivity contribution in [3.8, 4) is 0 Å². The van der Waals surface area contributed by atoms with Crippen LogP contribution in [-0.2, 0) is 35.9 Å². The van der Waals surface area contributed by atoms with Gasteiger partial charge in [-0.25, -0.2) is 16.8 Å². The predicted molar refractivity (Wildman–Crippen MR) is 203 cm³/mol. The van der Waals surface area contributed by atoms with Crippen LogP contribution in [0, 0.1) is 0 Å². The van der Waals surface area contributed by atoms with Crippen LogP contribution in [0.5, 0.6) is 0 Å². The molecule has 0 aliphatic carbocycles. The summed E-state index contributed by atoms with van der Waals surface area (Å²) < 4.78 is 72.5. The molecule has 2 aliphatic rings. The number of allylic oxidation sites excluding steroid dienone is 6. The number of rotatable bonds is 15. The van der Waals surface area contributed by atoms with Crippen molar-refractivity contribution in [1.29, 1.82) is 0 Å². The van der Waals surface area contributed by atoms with Crippen LogP contribution in [0.1, 0.15) is 92.2 Å². The van der Waals surface area contributed by atoms with Gasteiger partial charge in [-0.2, -0.15) is 4.58 Å². The van der Waals surface area contributed by atoms with Gasteiger partial charge in [-0.05, 0) is 96.4 Å². The van der Waals surface area contributed by atoms with E-state index >= 15 is 0 Å². The first kappa shape index (κ1) is 42.8. The molecule has 52 heavy (non-hydrogen) atoms. The minimum Gasteiger partial charge on any atom is -0.744 e. The highest BCUT2D eigenvalue weighted by Crippen LogP contribution is 2.48. The second-order valence-corrected chi connectivity index (χ2v) is 16.9. The standard InChI is InChI=1S/C33H40N2O8S2.C6H15N/c1-6-34-27-18-16-23(44(38,39)40)21-25(27)32(2,3)29(34)13-9-7-10-14-30-33(4,5)26-22-24(45(41,42)43)17-19-28(26)35(30)20-12-8-11-15-31(36)37;1-4-7(5-2)6-3/h7,9-10,13-14,16-19,21-22H,6,8,11-12,15,20H2,1-5H3,(H2-,36,37,38,39,40,41,42,43);4-6H2,1-3H3. The molecule has 0 saturated heterocycles. The van der Waals surface area contributed by atoms with Gasteiger partial charge in [-0.15, -0.1) is 0 Å². The third kappa shape index (κ3) is 9.87. The van der Waals surface area contributed by atoms with Crippen LogP contribution in [0.25, 0.3) is 0 Å². The normalized spacial score (nSPS) is 17.3. The van der Waals surface area contributed by atoms with Crippen LogP contribution in [-0.4, -0.2) is 80.0 Å². The Kier molecular flexibility index (Phi) is 14.4. The van der Waals surface area contributed by atoms with Gasteiger partial charge in [0, 0.05) is 53.9 Å². The number of likely N-dealkylation sites (N-methyl/N-ethyl adjacent to an activating group) is 1. The Morgan fingerprint density at radius 2 is 1.38 bits per heavy atom. The largest absolute Gasteiger partial charge is 0.744 e. The number of benzene rings is 2. The number of carboxylic acids is 1. The molecule has 2 N–H and O–H groups in total. The Morgan fingerprint density at radius 3 is 1.90 bits per heavy atom. The van der Waals surface area contributed by atoms with E-state index < -0.39 is 37.0 Å². The number of hydrogen-bond acceptors (Lipinski definition) is 8. The SMILES string of the molecule is CCN1C(=CC=CC=CC2=[N+](CCCCCC(=O)O)c3ccc(S(=O)(=O)[O-])cc3C2(C)C)C(C)(C)c2cc(S(=O)(=O)[O-])ccc21.CC[NH+](CC)CC. The van der Waals surface area contributed by atoms with Gasteiger partial charge in [0.2, 0.25) is 5.69 Å². The second kappa shape index (κ2) is 17.5. The van der Waals surface area contributed by atoms with Crippen LogP contribution in [0.2, 0.25) is 0 Å². The van der Waals surface area contributed by atoms with E-state index in [9.17, 15) is 30.7 Å². The van der Waals surface area contributed by atoms with Gasteiger partial charge in [0.05, 0.1) is 34.8 Å². The number of nitrogens with one attached hydrogen (secondary N) is 1. The average molecular weight is 758 g/mol. The fraction of sp³-hybridized carbons (Fsp3) is 0.487. The summed E-state index contributed by atoms with van der Waals surface area (Å²) in [7, 11) is -9.23. The van der Waals surface area contributed by atoms with Gasteiger partial charge in [0.25, 0.3) is 0 Å². The molecular weight excluding hydrogens is 703 g/mol. The topological polar surface area (TPSA) is 162 Å². The molecule has 0 aromatic heterocycles. The molecule has 2 aliphatic heterocycles. The summed E-state index contributed by atoms with van der Waals surface area (Å²) in [5.41, 5.74) is 3.82. The zero-order chi connectivity index (χ0) is 39.1. The summed E-state index contributed by atoms with van der Waals surface area (Å²) in [5, 5.41) is 8.97. The Labute approximate surface area is 310 Å². The molecule has 0 spiro atoms. The third-order valence-corrected chi connectivity index (χ3v) is 11.8. The first-order valence-corrected chi connectivity index (χ1v) is 20.8. The fourth-order valence-electron chi connectivity index (χ4n) is 7.03. The van der Waals surface area contributed by atoms with Crippen molar-refractivity contribution >= 4 is 43.3 Å². The van der Waals surface area contributed by atoms with E-state index in [1.54, 1.807) is 17.0 Å². The van der Waals surface area contributed by atoms with E-state index in [2.05, 4.69) is 30.2 Å². The summed E-state index contributed by atoms with van der Waals surface area (Å²) in [4.78, 5) is 14.1. The molecule has 2 aromatic rings. The lowest BCUT2D eigenvalue weighted by Gasteiger charge is -2.25. The molecule has 2 aromatic carbocycles. The number of quaternary nitrogens is 1. The molecule has 0 fully saturated rings. The summed E-state index contributed by atoms with van der Waals surface area (Å²) in [6.45, 7) is 21.6. The van der Waals surface area contributed by atoms with Crippen LogP contribution >= 0.6 is 0 Å². The minimum atomic E-state index is -4.64. The van der Waals surface area contributed by atoms with Crippen LogP contribution < -0.4 is 9.80 Å². The van der Waals surface area contributed by atoms with E-state index in [0.717, 1.165) is 40.3 Å². The molecule has 0 atom stereocenters. The number of nitrogens with zero attached hydrogens (tertiary/aromatic N) is 2. The zero-order valence-electron chi connectivity index (χ0n) is 31.7. The Balaban J connectivity index is 0.000000944. The molecule has 286 valence electrons. The highest BCUT2D eigenvalue weighted by molar-refractivity contribution is 7.86. The summed E-state index contributed by atoms with van der Waals surface area (Å²) in [5.74, 6) is -0.835. The van der Waals surface area contributed by atoms with Crippen molar-refractivity contribution in [3.63, 3.8) is 0 Å². The molecule has 4 rings (SSSR count). The molecule has 0 radical (unpaired) electrons. The smallest absolute Gasteiger partial charge is 0.303 e. The summed E-state index contributed by atoms with van der Waals surface area (Å²) in [6, 6.07) is 8.89. The van der Waals surface area contributed by atoms with Gasteiger partial charge in [0.15, 0.2) is 5.71 Å². The molecule has 13 heteroatoms. The van der Waals surface area contributed by atoms with Crippen molar-refractivity contribution in [2.75, 3.05) is 37.6 Å². The Bertz CT molecular complexity index is 1950. The lowest BCUT2D eigenvalue weighted by Crippen LogP contribution is -3.11. The average Bonchev–Trinajstić information content (AvgIpc) is 3.42. The fourth-order valence-corrected chi connectivity index (χ4v) is 8.03. The zero-order valence-corrected chi connectivity index (χ0v) is 33.4. The highest BCUT2D eigenvalue weighted by Gasteiger charge is 2.44. The number of carbonyl (C=O) groups is 1. The van der Waals surface area contributed by atoms with E-state index in [1.807, 2.05) is 65.0 Å². The monoisotopic (exact) mass is 757 g/mol. The Morgan fingerprint density at radius 1 is 0.808 bits per heavy atom. The number of carboxylic acid groups (broad SMARTS) is 1. The molecule has 2 heterocycles. The number of unbranched alkanes of at least 4 members (excludes halogenated alkanes) is 2. The third-order valence-electron chi connectivity index (χ3n) is 10.1. The van der Waals surface area contributed by atoms with Crippen LogP contribution in [0.4, 0.5) is 11.4 Å². The predicted octanol–water partition coefficient (Wildman–Crippen LogP) is 5.26. The van der Waals surface area contributed by atoms with Crippen molar-refractivity contribution in [2.45, 2.75) is 102 Å². The van der Waals surface area contributed by atoms with Crippen LogP contribution in [0.15, 0.2) is 82.3 Å². The van der Waals surface area contributed by atoms with Crippen LogP contribution in [0.3, 0.4) is 0 Å². The van der Waals surface area contributed by atoms with Gasteiger partial charge < -0.3 is 24.0 Å². The number of fused-ring (bicyclic) bond motifs is 2. The van der Waals surface area contributed by atoms with Gasteiger partial charge in [0.1, 0.15) is 26.8 Å². The Hall–Kier alpha value is -3.62. The quantitative estimate of drug-likeness (QED) is 0.107. The van der Waals surface area contributed by atoms with E-state index in [1.165, 1.54) is 43.9 Å². The minimum absolute atomic E-state index is 0.0971. The molecule has 0 bridgehead atoms. The first-order valence-electron chi connectivity index (χ1n) is 18.0. The molecule has 0 unspecified atom stereocenters. The van der Waals surface area contributed by atoms with Crippen molar-refractivity contribution in [3.05, 3.63) is 83.6 Å². The number of hydrogen-bond donors (Lipinski definition) is 2. The van der Waals surface area contributed by atoms with Crippen molar-refractivity contribution in [1.82, 2.24) is 0 Å². The molecule has 11 nitrogen and oxygen atoms in total. The number of anilines is 1. The van der Waals surface area contributed by atoms with Crippen molar-refractivity contribution in [2.24, 2.45) is 0 Å². The molecular formula is C39H55N3O8S2. The van der Waals surface area contributed by atoms with Gasteiger partial charge in [-0.1, -0.05) is 32.1 Å². The van der Waals surface area contributed by atoms with Crippen molar-refractivity contribution < 1.29 is 45.3 Å². The van der Waals surface area contributed by atoms with E-state index in [4.69, 9.17) is 5.11 Å². The maximum absolute atomic E-state index is 11.8. The lowest BCUT2D eigenvalue weighted by atomic mass is 9.81. The first-order chi connectivity index (χ1) is 24.2. The summed E-state index contributed by atoms with van der Waals surface area (Å²) in [6.07, 6.45) is 11.7.